The smallest absolute Gasteiger partial charge is 0.240 e. The van der Waals surface area contributed by atoms with Crippen LogP contribution in [0.2, 0.25) is 0 Å². The van der Waals surface area contributed by atoms with E-state index in [0.717, 1.165) is 6.07 Å². The Morgan fingerprint density at radius 3 is 2.62 bits per heavy atom. The van der Waals surface area contributed by atoms with Gasteiger partial charge >= 0.3 is 0 Å². The van der Waals surface area contributed by atoms with Gasteiger partial charge in [0.15, 0.2) is 0 Å². The number of aromatic hydroxyl groups is 1. The first-order valence-corrected chi connectivity index (χ1v) is 8.09. The summed E-state index contributed by atoms with van der Waals surface area (Å²) in [6.45, 7) is -0.0819. The SMILES string of the molecule is Nc1cc(S(=O)(=O)NCc2cc(F)ccc2Br)ccc1O. The molecule has 0 fully saturated rings. The van der Waals surface area contributed by atoms with Gasteiger partial charge in [0.25, 0.3) is 0 Å². The van der Waals surface area contributed by atoms with Crippen LogP contribution >= 0.6 is 15.9 Å². The first-order chi connectivity index (χ1) is 9.79. The van der Waals surface area contributed by atoms with Gasteiger partial charge in [0.1, 0.15) is 11.6 Å². The van der Waals surface area contributed by atoms with E-state index in [1.807, 2.05) is 0 Å². The van der Waals surface area contributed by atoms with Crippen LogP contribution in [0.5, 0.6) is 5.75 Å². The maximum absolute atomic E-state index is 13.1. The third-order valence-electron chi connectivity index (χ3n) is 2.77. The van der Waals surface area contributed by atoms with E-state index in [9.17, 15) is 17.9 Å². The summed E-state index contributed by atoms with van der Waals surface area (Å²) in [4.78, 5) is -0.0784. The van der Waals surface area contributed by atoms with Crippen molar-refractivity contribution in [2.75, 3.05) is 5.73 Å². The van der Waals surface area contributed by atoms with Gasteiger partial charge in [-0.15, -0.1) is 0 Å². The maximum Gasteiger partial charge on any atom is 0.240 e. The lowest BCUT2D eigenvalue weighted by Gasteiger charge is -2.09. The molecule has 0 spiro atoms. The molecule has 0 amide bonds. The highest BCUT2D eigenvalue weighted by Crippen LogP contribution is 2.23. The van der Waals surface area contributed by atoms with Crippen molar-refractivity contribution in [3.8, 4) is 5.75 Å². The minimum Gasteiger partial charge on any atom is -0.506 e. The lowest BCUT2D eigenvalue weighted by Crippen LogP contribution is -2.23. The molecule has 4 N–H and O–H groups in total. The molecule has 0 aliphatic rings. The molecule has 2 rings (SSSR count). The fraction of sp³-hybridized carbons (Fsp3) is 0.0769. The van der Waals surface area contributed by atoms with Crippen LogP contribution in [-0.4, -0.2) is 13.5 Å². The molecule has 0 saturated carbocycles. The van der Waals surface area contributed by atoms with Crippen LogP contribution in [0.3, 0.4) is 0 Å². The molecule has 21 heavy (non-hydrogen) atoms. The van der Waals surface area contributed by atoms with Crippen LogP contribution in [-0.2, 0) is 16.6 Å². The standard InChI is InChI=1S/C13H12BrFN2O3S/c14-11-3-1-9(15)5-8(11)7-17-21(19,20)10-2-4-13(18)12(16)6-10/h1-6,17-18H,7,16H2. The molecule has 0 aliphatic heterocycles. The van der Waals surface area contributed by atoms with Gasteiger partial charge in [-0.3, -0.25) is 0 Å². The van der Waals surface area contributed by atoms with Crippen molar-refractivity contribution in [2.45, 2.75) is 11.4 Å². The number of phenolic OH excluding ortho intramolecular Hbond substituents is 1. The number of hydrogen-bond acceptors (Lipinski definition) is 4. The highest BCUT2D eigenvalue weighted by molar-refractivity contribution is 9.10. The number of halogens is 2. The minimum absolute atomic E-state index is 0.0372. The van der Waals surface area contributed by atoms with E-state index in [-0.39, 0.29) is 22.9 Å². The van der Waals surface area contributed by atoms with Gasteiger partial charge in [-0.25, -0.2) is 17.5 Å². The Morgan fingerprint density at radius 1 is 1.24 bits per heavy atom. The Morgan fingerprint density at radius 2 is 1.95 bits per heavy atom. The van der Waals surface area contributed by atoms with Crippen LogP contribution in [0.25, 0.3) is 0 Å². The predicted octanol–water partition coefficient (Wildman–Crippen LogP) is 2.35. The summed E-state index contributed by atoms with van der Waals surface area (Å²) in [5, 5.41) is 9.30. The number of nitrogens with one attached hydrogen (secondary N) is 1. The monoisotopic (exact) mass is 374 g/mol. The summed E-state index contributed by atoms with van der Waals surface area (Å²) in [5.74, 6) is -0.650. The van der Waals surface area contributed by atoms with Crippen molar-refractivity contribution < 1.29 is 17.9 Å². The third kappa shape index (κ3) is 3.72. The lowest BCUT2D eigenvalue weighted by molar-refractivity contribution is 0.477. The summed E-state index contributed by atoms with van der Waals surface area (Å²) in [6.07, 6.45) is 0. The predicted molar refractivity (Wildman–Crippen MR) is 80.6 cm³/mol. The second-order valence-electron chi connectivity index (χ2n) is 4.28. The number of hydrogen-bond donors (Lipinski definition) is 3. The van der Waals surface area contributed by atoms with Crippen molar-refractivity contribution in [3.05, 3.63) is 52.3 Å². The summed E-state index contributed by atoms with van der Waals surface area (Å²) < 4.78 is 40.3. The highest BCUT2D eigenvalue weighted by atomic mass is 79.9. The maximum atomic E-state index is 13.1. The molecule has 0 unspecified atom stereocenters. The van der Waals surface area contributed by atoms with Crippen molar-refractivity contribution in [2.24, 2.45) is 0 Å². The zero-order chi connectivity index (χ0) is 15.6. The summed E-state index contributed by atoms with van der Waals surface area (Å²) in [5.41, 5.74) is 5.90. The average Bonchev–Trinajstić information content (AvgIpc) is 2.43. The number of anilines is 1. The molecular weight excluding hydrogens is 363 g/mol. The van der Waals surface area contributed by atoms with E-state index in [0.29, 0.717) is 10.0 Å². The number of benzene rings is 2. The molecule has 0 radical (unpaired) electrons. The zero-order valence-electron chi connectivity index (χ0n) is 10.7. The van der Waals surface area contributed by atoms with Gasteiger partial charge in [-0.1, -0.05) is 15.9 Å². The fourth-order valence-corrected chi connectivity index (χ4v) is 3.06. The summed E-state index contributed by atoms with van der Waals surface area (Å²) in [6, 6.07) is 7.58. The second-order valence-corrected chi connectivity index (χ2v) is 6.90. The topological polar surface area (TPSA) is 92.4 Å². The Hall–Kier alpha value is -1.64. The molecule has 5 nitrogen and oxygen atoms in total. The fourth-order valence-electron chi connectivity index (χ4n) is 1.63. The van der Waals surface area contributed by atoms with Crippen molar-refractivity contribution in [1.82, 2.24) is 4.72 Å². The molecule has 0 aromatic heterocycles. The second kappa shape index (κ2) is 6.00. The van der Waals surface area contributed by atoms with Crippen molar-refractivity contribution >= 4 is 31.6 Å². The molecule has 0 heterocycles. The molecule has 0 aliphatic carbocycles. The van der Waals surface area contributed by atoms with Gasteiger partial charge in [0, 0.05) is 11.0 Å². The summed E-state index contributed by atoms with van der Waals surface area (Å²) in [7, 11) is -3.81. The van der Waals surface area contributed by atoms with Gasteiger partial charge in [-0.05, 0) is 42.0 Å². The van der Waals surface area contributed by atoms with E-state index in [2.05, 4.69) is 20.7 Å². The quantitative estimate of drug-likeness (QED) is 0.565. The number of phenols is 1. The first kappa shape index (κ1) is 15.7. The Bertz CT molecular complexity index is 781. The van der Waals surface area contributed by atoms with Gasteiger partial charge < -0.3 is 10.8 Å². The first-order valence-electron chi connectivity index (χ1n) is 5.82. The molecule has 2 aromatic rings. The number of nitrogen functional groups attached to an aromatic ring is 1. The normalized spacial score (nSPS) is 11.5. The molecule has 0 atom stereocenters. The zero-order valence-corrected chi connectivity index (χ0v) is 13.1. The number of rotatable bonds is 4. The molecule has 112 valence electrons. The third-order valence-corrected chi connectivity index (χ3v) is 4.94. The molecule has 0 bridgehead atoms. The largest absolute Gasteiger partial charge is 0.506 e. The van der Waals surface area contributed by atoms with Crippen LogP contribution < -0.4 is 10.5 Å². The Kier molecular flexibility index (Phi) is 4.50. The van der Waals surface area contributed by atoms with Crippen LogP contribution in [0.15, 0.2) is 45.8 Å². The number of nitrogens with two attached hydrogens (primary N) is 1. The van der Waals surface area contributed by atoms with E-state index >= 15 is 0 Å². The highest BCUT2D eigenvalue weighted by Gasteiger charge is 2.16. The molecule has 8 heteroatoms. The van der Waals surface area contributed by atoms with E-state index in [1.54, 1.807) is 0 Å². The van der Waals surface area contributed by atoms with Gasteiger partial charge in [0.05, 0.1) is 10.6 Å². The van der Waals surface area contributed by atoms with Gasteiger partial charge in [0.2, 0.25) is 10.0 Å². The Balaban J connectivity index is 2.21. The van der Waals surface area contributed by atoms with Gasteiger partial charge in [-0.2, -0.15) is 0 Å². The molecular formula is C13H12BrFN2O3S. The van der Waals surface area contributed by atoms with Crippen molar-refractivity contribution in [3.63, 3.8) is 0 Å². The van der Waals surface area contributed by atoms with E-state index in [4.69, 9.17) is 5.73 Å². The number of sulfonamides is 1. The van der Waals surface area contributed by atoms with E-state index in [1.165, 1.54) is 30.3 Å². The minimum atomic E-state index is -3.81. The summed E-state index contributed by atoms with van der Waals surface area (Å²) >= 11 is 3.22. The van der Waals surface area contributed by atoms with E-state index < -0.39 is 15.8 Å². The van der Waals surface area contributed by atoms with Crippen LogP contribution in [0.1, 0.15) is 5.56 Å². The molecule has 2 aromatic carbocycles. The van der Waals surface area contributed by atoms with Crippen LogP contribution in [0, 0.1) is 5.82 Å². The van der Waals surface area contributed by atoms with Crippen molar-refractivity contribution in [1.29, 1.82) is 0 Å². The molecule has 0 saturated heterocycles. The lowest BCUT2D eigenvalue weighted by atomic mass is 10.2. The average molecular weight is 375 g/mol. The Labute approximate surface area is 129 Å². The van der Waals surface area contributed by atoms with Crippen LogP contribution in [0.4, 0.5) is 10.1 Å².